The number of aromatic nitrogens is 4. The van der Waals surface area contributed by atoms with Crippen LogP contribution in [0.2, 0.25) is 5.15 Å². The number of fused-ring (bicyclic) bond motifs is 1. The molecule has 206 valence electrons. The number of hydrogen-bond acceptors (Lipinski definition) is 8. The van der Waals surface area contributed by atoms with Gasteiger partial charge in [-0.05, 0) is 43.0 Å². The maximum atomic E-state index is 13.4. The van der Waals surface area contributed by atoms with Crippen LogP contribution >= 0.6 is 36.4 Å². The molecule has 0 spiro atoms. The molecule has 2 aromatic heterocycles. The van der Waals surface area contributed by atoms with Crippen LogP contribution in [0.15, 0.2) is 52.1 Å². The van der Waals surface area contributed by atoms with E-state index in [9.17, 15) is 14.4 Å². The Bertz CT molecular complexity index is 1640. The molecule has 0 radical (unpaired) electrons. The van der Waals surface area contributed by atoms with E-state index in [1.807, 2.05) is 0 Å². The van der Waals surface area contributed by atoms with Crippen LogP contribution in [0.5, 0.6) is 0 Å². The zero-order valence-electron chi connectivity index (χ0n) is 20.6. The molecule has 11 nitrogen and oxygen atoms in total. The molecule has 2 heterocycles. The lowest BCUT2D eigenvalue weighted by Crippen LogP contribution is -2.37. The third-order valence-electron chi connectivity index (χ3n) is 6.40. The molecule has 1 amide bonds. The number of nitrogens with zero attached hydrogens (tertiary/aromatic N) is 3. The molecule has 0 atom stereocenters. The second-order valence-electron chi connectivity index (χ2n) is 8.98. The van der Waals surface area contributed by atoms with E-state index in [0.29, 0.717) is 33.3 Å². The molecule has 0 bridgehead atoms. The molecule has 1 aliphatic carbocycles. The van der Waals surface area contributed by atoms with Gasteiger partial charge in [0.05, 0.1) is 11.1 Å². The number of nitrogen functional groups attached to an aromatic ring is 2. The van der Waals surface area contributed by atoms with Crippen LogP contribution in [-0.2, 0) is 17.9 Å². The van der Waals surface area contributed by atoms with Crippen LogP contribution in [0.4, 0.5) is 17.3 Å². The summed E-state index contributed by atoms with van der Waals surface area (Å²) in [7, 11) is 0. The Kier molecular flexibility index (Phi) is 9.44. The number of rotatable bonds is 7. The van der Waals surface area contributed by atoms with Crippen molar-refractivity contribution in [2.75, 3.05) is 16.8 Å². The predicted octanol–water partition coefficient (Wildman–Crippen LogP) is 3.09. The largest absolute Gasteiger partial charge is 0.399 e. The van der Waals surface area contributed by atoms with Crippen LogP contribution in [0.25, 0.3) is 22.0 Å². The van der Waals surface area contributed by atoms with Crippen molar-refractivity contribution in [3.63, 3.8) is 0 Å². The van der Waals surface area contributed by atoms with E-state index in [0.717, 1.165) is 19.3 Å². The summed E-state index contributed by atoms with van der Waals surface area (Å²) in [6, 6.07) is 12.1. The minimum atomic E-state index is -0.455. The number of nitrogens with two attached hydrogens (primary N) is 2. The molecular formula is C25H27Cl3N8O3. The first-order valence-electron chi connectivity index (χ1n) is 11.8. The maximum Gasteiger partial charge on any atom is 0.294 e. The van der Waals surface area contributed by atoms with E-state index in [1.165, 1.54) is 4.57 Å². The average Bonchev–Trinajstić information content (AvgIpc) is 2.85. The monoisotopic (exact) mass is 592 g/mol. The number of halogens is 3. The molecule has 7 N–H and O–H groups in total. The second-order valence-corrected chi connectivity index (χ2v) is 9.34. The lowest BCUT2D eigenvalue weighted by atomic mass is 9.93. The number of amides is 1. The fourth-order valence-electron chi connectivity index (χ4n) is 4.24. The van der Waals surface area contributed by atoms with Crippen molar-refractivity contribution in [1.29, 1.82) is 0 Å². The SMILES string of the molecule is Cl.Cl.Nc1cccc(-c2c(Cl)nc(NC3CCC3)c(=O)n2CC(=O)NCc2ccc3c(N)n[nH]c(=O)c3c2)c1. The van der Waals surface area contributed by atoms with Gasteiger partial charge < -0.3 is 22.1 Å². The summed E-state index contributed by atoms with van der Waals surface area (Å²) in [5, 5.41) is 13.0. The Morgan fingerprint density at radius 1 is 1.10 bits per heavy atom. The second kappa shape index (κ2) is 12.4. The van der Waals surface area contributed by atoms with E-state index in [4.69, 9.17) is 23.1 Å². The van der Waals surface area contributed by atoms with Gasteiger partial charge in [-0.25, -0.2) is 10.1 Å². The quantitative estimate of drug-likeness (QED) is 0.203. The van der Waals surface area contributed by atoms with Crippen molar-refractivity contribution in [2.45, 2.75) is 38.4 Å². The number of H-pyrrole nitrogens is 1. The molecule has 0 unspecified atom stereocenters. The smallest absolute Gasteiger partial charge is 0.294 e. The molecule has 39 heavy (non-hydrogen) atoms. The average molecular weight is 594 g/mol. The Morgan fingerprint density at radius 2 is 1.87 bits per heavy atom. The zero-order valence-corrected chi connectivity index (χ0v) is 23.0. The van der Waals surface area contributed by atoms with Gasteiger partial charge in [0.25, 0.3) is 11.1 Å². The van der Waals surface area contributed by atoms with Gasteiger partial charge in [0, 0.05) is 29.2 Å². The van der Waals surface area contributed by atoms with Gasteiger partial charge in [0.1, 0.15) is 6.54 Å². The van der Waals surface area contributed by atoms with Gasteiger partial charge in [-0.1, -0.05) is 35.9 Å². The lowest BCUT2D eigenvalue weighted by molar-refractivity contribution is -0.121. The number of benzene rings is 2. The number of anilines is 3. The Hall–Kier alpha value is -3.80. The Labute approximate surface area is 240 Å². The molecule has 14 heteroatoms. The van der Waals surface area contributed by atoms with Crippen LogP contribution in [-0.4, -0.2) is 31.7 Å². The summed E-state index contributed by atoms with van der Waals surface area (Å²) in [6.45, 7) is -0.166. The highest BCUT2D eigenvalue weighted by molar-refractivity contribution is 6.32. The fraction of sp³-hybridized carbons (Fsp3) is 0.240. The summed E-state index contributed by atoms with van der Waals surface area (Å²) in [5.41, 5.74) is 13.0. The van der Waals surface area contributed by atoms with Crippen molar-refractivity contribution in [3.05, 3.63) is 73.9 Å². The Morgan fingerprint density at radius 3 is 2.56 bits per heavy atom. The van der Waals surface area contributed by atoms with Gasteiger partial charge >= 0.3 is 0 Å². The number of hydrogen-bond donors (Lipinski definition) is 5. The van der Waals surface area contributed by atoms with Gasteiger partial charge in [-0.2, -0.15) is 5.10 Å². The van der Waals surface area contributed by atoms with E-state index in [2.05, 4.69) is 25.8 Å². The summed E-state index contributed by atoms with van der Waals surface area (Å²) >= 11 is 6.55. The highest BCUT2D eigenvalue weighted by atomic mass is 35.5. The lowest BCUT2D eigenvalue weighted by Gasteiger charge is -2.27. The number of carbonyl (C=O) groups is 1. The molecule has 5 rings (SSSR count). The topological polar surface area (TPSA) is 174 Å². The minimum absolute atomic E-state index is 0. The van der Waals surface area contributed by atoms with Crippen molar-refractivity contribution in [2.24, 2.45) is 0 Å². The van der Waals surface area contributed by atoms with E-state index in [-0.39, 0.29) is 66.3 Å². The van der Waals surface area contributed by atoms with Gasteiger partial charge in [-0.3, -0.25) is 19.0 Å². The molecule has 0 saturated heterocycles. The molecular weight excluding hydrogens is 567 g/mol. The molecule has 1 aliphatic rings. The van der Waals surface area contributed by atoms with Crippen molar-refractivity contribution in [3.8, 4) is 11.3 Å². The number of nitrogens with one attached hydrogen (secondary N) is 3. The standard InChI is InChI=1S/C25H25ClN8O3.2ClH/c26-21-20(14-3-1-4-15(27)10-14)34(25(37)23(31-21)30-16-5-2-6-16)12-19(35)29-11-13-7-8-17-18(9-13)24(36)33-32-22(17)28;;/h1,3-4,7-10,16H,2,5-6,11-12,27H2,(H2,28,32)(H,29,35)(H,30,31)(H,33,36);2*1H. The molecule has 4 aromatic rings. The first-order chi connectivity index (χ1) is 17.8. The van der Waals surface area contributed by atoms with Gasteiger partial charge in [-0.15, -0.1) is 24.8 Å². The van der Waals surface area contributed by atoms with Gasteiger partial charge in [0.15, 0.2) is 16.8 Å². The zero-order chi connectivity index (χ0) is 26.1. The first-order valence-corrected chi connectivity index (χ1v) is 12.1. The van der Waals surface area contributed by atoms with Crippen LogP contribution < -0.4 is 33.2 Å². The van der Waals surface area contributed by atoms with Crippen LogP contribution in [0.1, 0.15) is 24.8 Å². The number of carbonyl (C=O) groups excluding carboxylic acids is 1. The van der Waals surface area contributed by atoms with Crippen molar-refractivity contribution in [1.82, 2.24) is 25.1 Å². The van der Waals surface area contributed by atoms with E-state index in [1.54, 1.807) is 42.5 Å². The molecule has 1 saturated carbocycles. The van der Waals surface area contributed by atoms with Crippen molar-refractivity contribution < 1.29 is 4.79 Å². The van der Waals surface area contributed by atoms with Crippen LogP contribution in [0.3, 0.4) is 0 Å². The summed E-state index contributed by atoms with van der Waals surface area (Å²) < 4.78 is 1.30. The maximum absolute atomic E-state index is 13.4. The predicted molar refractivity (Wildman–Crippen MR) is 158 cm³/mol. The normalized spacial score (nSPS) is 12.6. The Balaban J connectivity index is 0.00000210. The number of aromatic amines is 1. The first kappa shape index (κ1) is 29.8. The van der Waals surface area contributed by atoms with Gasteiger partial charge in [0.2, 0.25) is 5.91 Å². The molecule has 2 aromatic carbocycles. The summed E-state index contributed by atoms with van der Waals surface area (Å²) in [6.07, 6.45) is 2.95. The van der Waals surface area contributed by atoms with Crippen LogP contribution in [0, 0.1) is 0 Å². The summed E-state index contributed by atoms with van der Waals surface area (Å²) in [5.74, 6) is -0.109. The minimum Gasteiger partial charge on any atom is -0.399 e. The highest BCUT2D eigenvalue weighted by Gasteiger charge is 2.23. The molecule has 0 aliphatic heterocycles. The third kappa shape index (κ3) is 6.27. The third-order valence-corrected chi connectivity index (χ3v) is 6.67. The fourth-order valence-corrected chi connectivity index (χ4v) is 4.53. The highest BCUT2D eigenvalue weighted by Crippen LogP contribution is 2.29. The van der Waals surface area contributed by atoms with Crippen molar-refractivity contribution >= 4 is 70.4 Å². The summed E-state index contributed by atoms with van der Waals surface area (Å²) in [4.78, 5) is 42.9. The van der Waals surface area contributed by atoms with E-state index >= 15 is 0 Å². The van der Waals surface area contributed by atoms with E-state index < -0.39 is 11.5 Å². The molecule has 1 fully saturated rings.